The van der Waals surface area contributed by atoms with Gasteiger partial charge in [0.05, 0.1) is 45.7 Å². The number of unbranched alkanes of at least 4 members (excludes halogenated alkanes) is 9. The summed E-state index contributed by atoms with van der Waals surface area (Å²) in [7, 11) is 0. The highest BCUT2D eigenvalue weighted by atomic mass is 16.5. The molecule has 0 amide bonds. The van der Waals surface area contributed by atoms with Crippen molar-refractivity contribution >= 4 is 0 Å². The van der Waals surface area contributed by atoms with E-state index in [1.165, 1.54) is 64.2 Å². The van der Waals surface area contributed by atoms with Gasteiger partial charge in [-0.2, -0.15) is 0 Å². The van der Waals surface area contributed by atoms with E-state index < -0.39 is 0 Å². The maximum Gasteiger partial charge on any atom is 0.0754 e. The molecule has 0 radical (unpaired) electrons. The van der Waals surface area contributed by atoms with Crippen LogP contribution in [0, 0.1) is 0 Å². The van der Waals surface area contributed by atoms with E-state index in [2.05, 4.69) is 13.5 Å². The Balaban J connectivity index is 3.29. The van der Waals surface area contributed by atoms with Crippen molar-refractivity contribution in [1.29, 1.82) is 0 Å². The molecule has 0 aromatic rings. The average molecular weight is 359 g/mol. The predicted molar refractivity (Wildman–Crippen MR) is 105 cm³/mol. The lowest BCUT2D eigenvalue weighted by atomic mass is 10.0. The Kier molecular flexibility index (Phi) is 21.3. The third kappa shape index (κ3) is 19.7. The van der Waals surface area contributed by atoms with Crippen molar-refractivity contribution in [1.82, 2.24) is 0 Å². The summed E-state index contributed by atoms with van der Waals surface area (Å²) in [4.78, 5) is 0. The number of ether oxygens (including phenoxy) is 3. The summed E-state index contributed by atoms with van der Waals surface area (Å²) in [5.74, 6) is 0. The molecule has 25 heavy (non-hydrogen) atoms. The van der Waals surface area contributed by atoms with E-state index in [0.717, 1.165) is 6.42 Å². The lowest BCUT2D eigenvalue weighted by Crippen LogP contribution is -2.15. The van der Waals surface area contributed by atoms with Crippen molar-refractivity contribution in [2.45, 2.75) is 83.7 Å². The number of hydrogen-bond acceptors (Lipinski definition) is 4. The van der Waals surface area contributed by atoms with Crippen molar-refractivity contribution in [3.05, 3.63) is 12.7 Å². The summed E-state index contributed by atoms with van der Waals surface area (Å²) >= 11 is 0. The molecule has 1 N–H and O–H groups in total. The third-order valence-corrected chi connectivity index (χ3v) is 4.27. The molecule has 1 atom stereocenters. The predicted octanol–water partition coefficient (Wildman–Crippen LogP) is 4.89. The van der Waals surface area contributed by atoms with E-state index in [4.69, 9.17) is 19.3 Å². The zero-order chi connectivity index (χ0) is 18.4. The first-order valence-electron chi connectivity index (χ1n) is 10.4. The van der Waals surface area contributed by atoms with Crippen LogP contribution in [0.4, 0.5) is 0 Å². The van der Waals surface area contributed by atoms with Gasteiger partial charge in [-0.3, -0.25) is 0 Å². The standard InChI is InChI=1S/C21H42O4/c1-3-5-6-7-8-9-10-11-12-13-14-21(4-2)25-20-19-24-18-17-23-16-15-22/h4,21-22H,2-3,5-20H2,1H3. The van der Waals surface area contributed by atoms with Gasteiger partial charge >= 0.3 is 0 Å². The highest BCUT2D eigenvalue weighted by molar-refractivity contribution is 4.79. The molecule has 1 unspecified atom stereocenters. The van der Waals surface area contributed by atoms with Gasteiger partial charge in [0.1, 0.15) is 0 Å². The molecule has 0 aliphatic heterocycles. The fourth-order valence-corrected chi connectivity index (χ4v) is 2.75. The maximum absolute atomic E-state index is 8.57. The Morgan fingerprint density at radius 2 is 1.28 bits per heavy atom. The molecular weight excluding hydrogens is 316 g/mol. The van der Waals surface area contributed by atoms with Crippen molar-refractivity contribution in [3.63, 3.8) is 0 Å². The normalized spacial score (nSPS) is 12.4. The zero-order valence-corrected chi connectivity index (χ0v) is 16.6. The molecule has 0 aliphatic carbocycles. The molecule has 0 rings (SSSR count). The van der Waals surface area contributed by atoms with Crippen LogP contribution in [-0.4, -0.2) is 50.9 Å². The fourth-order valence-electron chi connectivity index (χ4n) is 2.75. The Labute approximate surface area is 155 Å². The topological polar surface area (TPSA) is 47.9 Å². The van der Waals surface area contributed by atoms with Gasteiger partial charge in [0.15, 0.2) is 0 Å². The SMILES string of the molecule is C=CC(CCCCCCCCCCCC)OCCOCCOCCO. The zero-order valence-electron chi connectivity index (χ0n) is 16.6. The van der Waals surface area contributed by atoms with Gasteiger partial charge in [0.25, 0.3) is 0 Å². The summed E-state index contributed by atoms with van der Waals surface area (Å²) < 4.78 is 16.3. The molecule has 0 saturated heterocycles. The van der Waals surface area contributed by atoms with Crippen LogP contribution in [0.15, 0.2) is 12.7 Å². The van der Waals surface area contributed by atoms with E-state index >= 15 is 0 Å². The van der Waals surface area contributed by atoms with Crippen molar-refractivity contribution in [3.8, 4) is 0 Å². The number of aliphatic hydroxyl groups excluding tert-OH is 1. The molecule has 0 spiro atoms. The molecular formula is C21H42O4. The van der Waals surface area contributed by atoms with Crippen molar-refractivity contribution in [2.75, 3.05) is 39.6 Å². The lowest BCUT2D eigenvalue weighted by molar-refractivity contribution is -0.00548. The van der Waals surface area contributed by atoms with Crippen LogP contribution in [0.1, 0.15) is 77.6 Å². The monoisotopic (exact) mass is 358 g/mol. The summed E-state index contributed by atoms with van der Waals surface area (Å²) in [5, 5.41) is 8.57. The summed E-state index contributed by atoms with van der Waals surface area (Å²) in [6.45, 7) is 8.79. The van der Waals surface area contributed by atoms with Gasteiger partial charge in [-0.15, -0.1) is 6.58 Å². The molecule has 0 heterocycles. The van der Waals surface area contributed by atoms with Gasteiger partial charge in [0.2, 0.25) is 0 Å². The number of aliphatic hydroxyl groups is 1. The second kappa shape index (κ2) is 21.6. The smallest absolute Gasteiger partial charge is 0.0754 e. The van der Waals surface area contributed by atoms with Crippen molar-refractivity contribution < 1.29 is 19.3 Å². The first kappa shape index (κ1) is 24.6. The Morgan fingerprint density at radius 3 is 1.84 bits per heavy atom. The van der Waals surface area contributed by atoms with Gasteiger partial charge in [-0.25, -0.2) is 0 Å². The lowest BCUT2D eigenvalue weighted by Gasteiger charge is -2.14. The quantitative estimate of drug-likeness (QED) is 0.234. The fraction of sp³-hybridized carbons (Fsp3) is 0.905. The molecule has 4 heteroatoms. The molecule has 0 fully saturated rings. The maximum atomic E-state index is 8.57. The van der Waals surface area contributed by atoms with Crippen LogP contribution in [0.5, 0.6) is 0 Å². The average Bonchev–Trinajstić information content (AvgIpc) is 2.63. The van der Waals surface area contributed by atoms with Gasteiger partial charge < -0.3 is 19.3 Å². The Morgan fingerprint density at radius 1 is 0.760 bits per heavy atom. The van der Waals surface area contributed by atoms with E-state index in [-0.39, 0.29) is 12.7 Å². The first-order valence-corrected chi connectivity index (χ1v) is 10.4. The van der Waals surface area contributed by atoms with Crippen LogP contribution in [-0.2, 0) is 14.2 Å². The summed E-state index contributed by atoms with van der Waals surface area (Å²) in [6, 6.07) is 0. The van der Waals surface area contributed by atoms with Gasteiger partial charge in [-0.1, -0.05) is 77.2 Å². The second-order valence-electron chi connectivity index (χ2n) is 6.56. The first-order chi connectivity index (χ1) is 12.3. The number of hydrogen-bond donors (Lipinski definition) is 1. The second-order valence-corrected chi connectivity index (χ2v) is 6.56. The third-order valence-electron chi connectivity index (χ3n) is 4.27. The molecule has 150 valence electrons. The van der Waals surface area contributed by atoms with Crippen LogP contribution in [0.25, 0.3) is 0 Å². The minimum atomic E-state index is 0.0586. The van der Waals surface area contributed by atoms with Gasteiger partial charge in [-0.05, 0) is 6.42 Å². The van der Waals surface area contributed by atoms with E-state index in [1.54, 1.807) is 0 Å². The molecule has 0 aromatic heterocycles. The highest BCUT2D eigenvalue weighted by Crippen LogP contribution is 2.13. The van der Waals surface area contributed by atoms with Crippen LogP contribution in [0.3, 0.4) is 0 Å². The minimum Gasteiger partial charge on any atom is -0.394 e. The molecule has 0 saturated carbocycles. The Bertz CT molecular complexity index is 258. The summed E-state index contributed by atoms with van der Waals surface area (Å²) in [5.41, 5.74) is 0. The van der Waals surface area contributed by atoms with Crippen LogP contribution < -0.4 is 0 Å². The Hall–Kier alpha value is -0.420. The summed E-state index contributed by atoms with van der Waals surface area (Å²) in [6.07, 6.45) is 16.7. The minimum absolute atomic E-state index is 0.0586. The molecule has 0 aliphatic rings. The van der Waals surface area contributed by atoms with Gasteiger partial charge in [0, 0.05) is 0 Å². The van der Waals surface area contributed by atoms with Crippen LogP contribution in [0.2, 0.25) is 0 Å². The van der Waals surface area contributed by atoms with E-state index in [1.807, 2.05) is 6.08 Å². The van der Waals surface area contributed by atoms with Crippen molar-refractivity contribution in [2.24, 2.45) is 0 Å². The molecule has 0 aromatic carbocycles. The highest BCUT2D eigenvalue weighted by Gasteiger charge is 2.04. The largest absolute Gasteiger partial charge is 0.394 e. The van der Waals surface area contributed by atoms with Crippen LogP contribution >= 0.6 is 0 Å². The number of rotatable bonds is 21. The van der Waals surface area contributed by atoms with E-state index in [9.17, 15) is 0 Å². The molecule has 4 nitrogen and oxygen atoms in total. The van der Waals surface area contributed by atoms with E-state index in [0.29, 0.717) is 33.0 Å². The molecule has 0 bridgehead atoms.